The molecule has 1 aliphatic heterocycles. The zero-order chi connectivity index (χ0) is 13.1. The first kappa shape index (κ1) is 12.7. The van der Waals surface area contributed by atoms with Gasteiger partial charge in [-0.15, -0.1) is 0 Å². The van der Waals surface area contributed by atoms with Gasteiger partial charge in [-0.1, -0.05) is 6.07 Å². The molecule has 0 bridgehead atoms. The van der Waals surface area contributed by atoms with Crippen LogP contribution in [0.25, 0.3) is 0 Å². The second kappa shape index (κ2) is 5.24. The Labute approximate surface area is 105 Å². The summed E-state index contributed by atoms with van der Waals surface area (Å²) in [5.41, 5.74) is 0.339. The molecule has 98 valence electrons. The van der Waals surface area contributed by atoms with Gasteiger partial charge in [0.15, 0.2) is 11.5 Å². The van der Waals surface area contributed by atoms with Gasteiger partial charge in [0.25, 0.3) is 5.91 Å². The largest absolute Gasteiger partial charge is 0.493 e. The predicted molar refractivity (Wildman–Crippen MR) is 62.5 cm³/mol. The maximum atomic E-state index is 12.2. The Hall–Kier alpha value is -1.79. The first-order valence-electron chi connectivity index (χ1n) is 5.51. The Morgan fingerprint density at radius 1 is 1.44 bits per heavy atom. The lowest BCUT2D eigenvalue weighted by atomic mass is 10.1. The highest BCUT2D eigenvalue weighted by atomic mass is 16.7. The van der Waals surface area contributed by atoms with E-state index in [0.29, 0.717) is 17.1 Å². The summed E-state index contributed by atoms with van der Waals surface area (Å²) in [5.74, 6) is 0.473. The number of hydrogen-bond acceptors (Lipinski definition) is 5. The fourth-order valence-electron chi connectivity index (χ4n) is 1.80. The number of methoxy groups -OCH3 is 2. The van der Waals surface area contributed by atoms with E-state index in [2.05, 4.69) is 0 Å². The van der Waals surface area contributed by atoms with E-state index in [9.17, 15) is 9.90 Å². The van der Waals surface area contributed by atoms with Crippen molar-refractivity contribution in [1.82, 2.24) is 5.06 Å². The molecule has 1 unspecified atom stereocenters. The van der Waals surface area contributed by atoms with Gasteiger partial charge in [-0.05, 0) is 12.1 Å². The number of hydrogen-bond donors (Lipinski definition) is 1. The van der Waals surface area contributed by atoms with Gasteiger partial charge in [-0.3, -0.25) is 9.63 Å². The number of β-amino-alcohol motifs (C(OH)–C–C–N with tert-alkyl or cyclic N) is 1. The van der Waals surface area contributed by atoms with Gasteiger partial charge in [-0.25, -0.2) is 5.06 Å². The van der Waals surface area contributed by atoms with Crippen molar-refractivity contribution in [3.05, 3.63) is 23.8 Å². The third kappa shape index (κ3) is 2.25. The summed E-state index contributed by atoms with van der Waals surface area (Å²) < 4.78 is 10.3. The number of ether oxygens (including phenoxy) is 2. The molecule has 1 heterocycles. The van der Waals surface area contributed by atoms with E-state index >= 15 is 0 Å². The van der Waals surface area contributed by atoms with E-state index in [0.717, 1.165) is 5.06 Å². The summed E-state index contributed by atoms with van der Waals surface area (Å²) in [6, 6.07) is 5.02. The first-order chi connectivity index (χ1) is 8.67. The molecule has 1 amide bonds. The highest BCUT2D eigenvalue weighted by Crippen LogP contribution is 2.31. The molecule has 0 spiro atoms. The SMILES string of the molecule is COc1cccc(C(=O)N2CC(O)CO2)c1OC. The Bertz CT molecular complexity index is 448. The number of amides is 1. The Kier molecular flexibility index (Phi) is 3.69. The first-order valence-corrected chi connectivity index (χ1v) is 5.51. The molecule has 0 aliphatic carbocycles. The second-order valence-corrected chi connectivity index (χ2v) is 3.86. The van der Waals surface area contributed by atoms with E-state index in [1.54, 1.807) is 18.2 Å². The van der Waals surface area contributed by atoms with Gasteiger partial charge in [0.05, 0.1) is 26.3 Å². The van der Waals surface area contributed by atoms with E-state index < -0.39 is 6.10 Å². The molecule has 1 N–H and O–H groups in total. The zero-order valence-corrected chi connectivity index (χ0v) is 10.3. The zero-order valence-electron chi connectivity index (χ0n) is 10.3. The molecular formula is C12H15NO5. The normalized spacial score (nSPS) is 18.8. The van der Waals surface area contributed by atoms with Crippen LogP contribution in [0.15, 0.2) is 18.2 Å². The minimum absolute atomic E-state index is 0.123. The van der Waals surface area contributed by atoms with E-state index in [1.807, 2.05) is 0 Å². The predicted octanol–water partition coefficient (Wildman–Crippen LogP) is 0.452. The van der Waals surface area contributed by atoms with Crippen LogP contribution in [0, 0.1) is 0 Å². The molecule has 2 rings (SSSR count). The smallest absolute Gasteiger partial charge is 0.281 e. The topological polar surface area (TPSA) is 68.2 Å². The Balaban J connectivity index is 2.30. The van der Waals surface area contributed by atoms with Gasteiger partial charge in [0.1, 0.15) is 12.7 Å². The van der Waals surface area contributed by atoms with E-state index in [-0.39, 0.29) is 19.1 Å². The standard InChI is InChI=1S/C12H15NO5/c1-16-10-5-3-4-9(11(10)17-2)12(15)13-6-8(14)7-18-13/h3-5,8,14H,6-7H2,1-2H3. The van der Waals surface area contributed by atoms with Crippen molar-refractivity contribution in [2.75, 3.05) is 27.4 Å². The molecule has 1 aliphatic rings. The van der Waals surface area contributed by atoms with Crippen LogP contribution in [-0.2, 0) is 4.84 Å². The van der Waals surface area contributed by atoms with E-state index in [4.69, 9.17) is 14.3 Å². The van der Waals surface area contributed by atoms with Crippen LogP contribution >= 0.6 is 0 Å². The molecule has 0 saturated carbocycles. The maximum absolute atomic E-state index is 12.2. The number of aliphatic hydroxyl groups excluding tert-OH is 1. The number of hydroxylamine groups is 2. The molecule has 6 nitrogen and oxygen atoms in total. The number of rotatable bonds is 3. The highest BCUT2D eigenvalue weighted by molar-refractivity contribution is 5.97. The summed E-state index contributed by atoms with van der Waals surface area (Å²) in [4.78, 5) is 17.3. The molecule has 1 aromatic carbocycles. The van der Waals surface area contributed by atoms with Crippen molar-refractivity contribution < 1.29 is 24.2 Å². The number of benzene rings is 1. The van der Waals surface area contributed by atoms with Crippen LogP contribution in [0.1, 0.15) is 10.4 Å². The summed E-state index contributed by atoms with van der Waals surface area (Å²) >= 11 is 0. The van der Waals surface area contributed by atoms with Crippen molar-refractivity contribution in [3.8, 4) is 11.5 Å². The number of para-hydroxylation sites is 1. The minimum atomic E-state index is -0.648. The molecule has 0 aromatic heterocycles. The lowest BCUT2D eigenvalue weighted by Gasteiger charge is -2.17. The van der Waals surface area contributed by atoms with Crippen LogP contribution < -0.4 is 9.47 Å². The molecule has 1 aromatic rings. The summed E-state index contributed by atoms with van der Waals surface area (Å²) in [6.45, 7) is 0.275. The van der Waals surface area contributed by atoms with Crippen LogP contribution in [0.4, 0.5) is 0 Å². The average Bonchev–Trinajstić information content (AvgIpc) is 2.83. The summed E-state index contributed by atoms with van der Waals surface area (Å²) in [7, 11) is 2.97. The number of carbonyl (C=O) groups is 1. The fraction of sp³-hybridized carbons (Fsp3) is 0.417. The lowest BCUT2D eigenvalue weighted by molar-refractivity contribution is -0.0781. The van der Waals surface area contributed by atoms with Gasteiger partial charge >= 0.3 is 0 Å². The molecule has 1 atom stereocenters. The van der Waals surface area contributed by atoms with Gasteiger partial charge in [0.2, 0.25) is 0 Å². The van der Waals surface area contributed by atoms with E-state index in [1.165, 1.54) is 14.2 Å². The fourth-order valence-corrected chi connectivity index (χ4v) is 1.80. The molecular weight excluding hydrogens is 238 g/mol. The summed E-state index contributed by atoms with van der Waals surface area (Å²) in [5, 5.41) is 10.5. The van der Waals surface area contributed by atoms with Crippen LogP contribution in [0.3, 0.4) is 0 Å². The molecule has 18 heavy (non-hydrogen) atoms. The summed E-state index contributed by atoms with van der Waals surface area (Å²) in [6.07, 6.45) is -0.648. The maximum Gasteiger partial charge on any atom is 0.281 e. The van der Waals surface area contributed by atoms with Crippen LogP contribution in [0.2, 0.25) is 0 Å². The average molecular weight is 253 g/mol. The second-order valence-electron chi connectivity index (χ2n) is 3.86. The van der Waals surface area contributed by atoms with Gasteiger partial charge < -0.3 is 14.6 Å². The quantitative estimate of drug-likeness (QED) is 0.847. The van der Waals surface area contributed by atoms with Crippen molar-refractivity contribution in [3.63, 3.8) is 0 Å². The van der Waals surface area contributed by atoms with Crippen LogP contribution in [-0.4, -0.2) is 49.6 Å². The van der Waals surface area contributed by atoms with Crippen molar-refractivity contribution >= 4 is 5.91 Å². The Morgan fingerprint density at radius 3 is 2.78 bits per heavy atom. The molecule has 6 heteroatoms. The number of carbonyl (C=O) groups excluding carboxylic acids is 1. The van der Waals surface area contributed by atoms with Crippen molar-refractivity contribution in [2.24, 2.45) is 0 Å². The van der Waals surface area contributed by atoms with Gasteiger partial charge in [-0.2, -0.15) is 0 Å². The number of aliphatic hydroxyl groups is 1. The molecule has 1 fully saturated rings. The highest BCUT2D eigenvalue weighted by Gasteiger charge is 2.29. The molecule has 0 radical (unpaired) electrons. The molecule has 1 saturated heterocycles. The lowest BCUT2D eigenvalue weighted by Crippen LogP contribution is -2.28. The minimum Gasteiger partial charge on any atom is -0.493 e. The van der Waals surface area contributed by atoms with Crippen molar-refractivity contribution in [1.29, 1.82) is 0 Å². The van der Waals surface area contributed by atoms with Crippen LogP contribution in [0.5, 0.6) is 11.5 Å². The third-order valence-electron chi connectivity index (χ3n) is 2.66. The van der Waals surface area contributed by atoms with Crippen molar-refractivity contribution in [2.45, 2.75) is 6.10 Å². The Morgan fingerprint density at radius 2 is 2.22 bits per heavy atom. The number of nitrogens with zero attached hydrogens (tertiary/aromatic N) is 1. The monoisotopic (exact) mass is 253 g/mol. The third-order valence-corrected chi connectivity index (χ3v) is 2.66. The van der Waals surface area contributed by atoms with Gasteiger partial charge in [0, 0.05) is 0 Å².